The van der Waals surface area contributed by atoms with E-state index in [2.05, 4.69) is 15.3 Å². The second-order valence-electron chi connectivity index (χ2n) is 5.33. The summed E-state index contributed by atoms with van der Waals surface area (Å²) in [6, 6.07) is 4.63. The van der Waals surface area contributed by atoms with Gasteiger partial charge in [0.05, 0.1) is 17.0 Å². The van der Waals surface area contributed by atoms with Crippen molar-refractivity contribution in [1.82, 2.24) is 14.9 Å². The van der Waals surface area contributed by atoms with Gasteiger partial charge in [0.2, 0.25) is 5.91 Å². The van der Waals surface area contributed by atoms with Crippen LogP contribution in [0, 0.1) is 5.82 Å². The van der Waals surface area contributed by atoms with Crippen molar-refractivity contribution < 1.29 is 14.3 Å². The van der Waals surface area contributed by atoms with Crippen LogP contribution in [0.25, 0.3) is 10.9 Å². The maximum Gasteiger partial charge on any atom is 0.222 e. The molecule has 1 saturated heterocycles. The normalized spacial score (nSPS) is 16.3. The molecule has 7 heteroatoms. The van der Waals surface area contributed by atoms with E-state index in [9.17, 15) is 14.3 Å². The molecule has 3 rings (SSSR count). The van der Waals surface area contributed by atoms with Gasteiger partial charge < -0.3 is 15.3 Å². The molecule has 0 saturated carbocycles. The number of carbonyl (C=O) groups is 1. The Morgan fingerprint density at radius 2 is 2.27 bits per heavy atom. The van der Waals surface area contributed by atoms with Crippen molar-refractivity contribution in [2.45, 2.75) is 18.9 Å². The van der Waals surface area contributed by atoms with E-state index >= 15 is 0 Å². The average Bonchev–Trinajstić information content (AvgIpc) is 2.90. The number of aliphatic hydroxyl groups is 1. The van der Waals surface area contributed by atoms with Gasteiger partial charge in [-0.3, -0.25) is 4.79 Å². The van der Waals surface area contributed by atoms with Gasteiger partial charge in [-0.2, -0.15) is 0 Å². The molecule has 0 spiro atoms. The predicted octanol–water partition coefficient (Wildman–Crippen LogP) is 1.16. The van der Waals surface area contributed by atoms with Crippen molar-refractivity contribution in [1.29, 1.82) is 0 Å². The molecule has 1 aromatic heterocycles. The zero-order valence-electron chi connectivity index (χ0n) is 12.0. The smallest absolute Gasteiger partial charge is 0.222 e. The molecule has 1 aromatic carbocycles. The highest BCUT2D eigenvalue weighted by Gasteiger charge is 2.22. The fraction of sp³-hybridized carbons (Fsp3) is 0.400. The molecule has 0 bridgehead atoms. The van der Waals surface area contributed by atoms with Gasteiger partial charge in [-0.15, -0.1) is 0 Å². The van der Waals surface area contributed by atoms with Gasteiger partial charge in [0.15, 0.2) is 0 Å². The van der Waals surface area contributed by atoms with Crippen molar-refractivity contribution in [2.24, 2.45) is 0 Å². The minimum atomic E-state index is -0.737. The Morgan fingerprint density at radius 1 is 1.41 bits per heavy atom. The summed E-state index contributed by atoms with van der Waals surface area (Å²) >= 11 is 0. The average molecular weight is 304 g/mol. The highest BCUT2D eigenvalue weighted by atomic mass is 19.1. The minimum Gasteiger partial charge on any atom is -0.389 e. The largest absolute Gasteiger partial charge is 0.389 e. The SMILES string of the molecule is O=C1CCCN1C[C@@H](O)CNc1ncnc2cccc(F)c12. The number of likely N-dealkylation sites (tertiary alicyclic amines) is 1. The zero-order chi connectivity index (χ0) is 15.5. The van der Waals surface area contributed by atoms with Crippen LogP contribution in [0.2, 0.25) is 0 Å². The lowest BCUT2D eigenvalue weighted by atomic mass is 10.2. The monoisotopic (exact) mass is 304 g/mol. The van der Waals surface area contributed by atoms with E-state index in [4.69, 9.17) is 0 Å². The number of fused-ring (bicyclic) bond motifs is 1. The maximum atomic E-state index is 13.9. The topological polar surface area (TPSA) is 78.4 Å². The number of halogens is 1. The van der Waals surface area contributed by atoms with Crippen molar-refractivity contribution in [3.05, 3.63) is 30.3 Å². The number of aliphatic hydroxyl groups excluding tert-OH is 1. The van der Waals surface area contributed by atoms with Crippen LogP contribution < -0.4 is 5.32 Å². The van der Waals surface area contributed by atoms with Gasteiger partial charge in [0.1, 0.15) is 18.0 Å². The number of β-amino-alcohol motifs (C(OH)–C–C–N with tert-alkyl or cyclic N) is 1. The van der Waals surface area contributed by atoms with E-state index in [-0.39, 0.29) is 19.0 Å². The first-order valence-electron chi connectivity index (χ1n) is 7.24. The van der Waals surface area contributed by atoms with E-state index in [0.29, 0.717) is 29.7 Å². The summed E-state index contributed by atoms with van der Waals surface area (Å²) in [4.78, 5) is 21.2. The van der Waals surface area contributed by atoms with Crippen molar-refractivity contribution in [3.63, 3.8) is 0 Å². The lowest BCUT2D eigenvalue weighted by molar-refractivity contribution is -0.128. The molecule has 0 unspecified atom stereocenters. The molecule has 1 amide bonds. The van der Waals surface area contributed by atoms with Gasteiger partial charge in [0.25, 0.3) is 0 Å². The molecular formula is C15H17FN4O2. The highest BCUT2D eigenvalue weighted by Crippen LogP contribution is 2.22. The lowest BCUT2D eigenvalue weighted by Crippen LogP contribution is -2.36. The van der Waals surface area contributed by atoms with Crippen molar-refractivity contribution >= 4 is 22.6 Å². The first-order chi connectivity index (χ1) is 10.6. The molecule has 2 heterocycles. The summed E-state index contributed by atoms with van der Waals surface area (Å²) < 4.78 is 13.9. The third-order valence-electron chi connectivity index (χ3n) is 3.72. The lowest BCUT2D eigenvalue weighted by Gasteiger charge is -2.20. The summed E-state index contributed by atoms with van der Waals surface area (Å²) in [7, 11) is 0. The molecule has 116 valence electrons. The van der Waals surface area contributed by atoms with Crippen LogP contribution >= 0.6 is 0 Å². The fourth-order valence-electron chi connectivity index (χ4n) is 2.63. The van der Waals surface area contributed by atoms with Crippen LogP contribution in [0.5, 0.6) is 0 Å². The number of nitrogens with one attached hydrogen (secondary N) is 1. The van der Waals surface area contributed by atoms with Gasteiger partial charge in [-0.25, -0.2) is 14.4 Å². The highest BCUT2D eigenvalue weighted by molar-refractivity contribution is 5.89. The number of nitrogens with zero attached hydrogens (tertiary/aromatic N) is 3. The molecule has 0 radical (unpaired) electrons. The van der Waals surface area contributed by atoms with Gasteiger partial charge in [-0.05, 0) is 18.6 Å². The number of anilines is 1. The molecule has 0 aliphatic carbocycles. The Hall–Kier alpha value is -2.28. The predicted molar refractivity (Wildman–Crippen MR) is 79.8 cm³/mol. The quantitative estimate of drug-likeness (QED) is 0.867. The standard InChI is InChI=1S/C15H17FN4O2/c16-11-3-1-4-12-14(11)15(19-9-18-12)17-7-10(21)8-20-6-2-5-13(20)22/h1,3-4,9-10,21H,2,5-8H2,(H,17,18,19)/t10-/m0/s1. The number of rotatable bonds is 5. The van der Waals surface area contributed by atoms with Crippen molar-refractivity contribution in [3.8, 4) is 0 Å². The molecule has 1 aliphatic heterocycles. The molecule has 2 N–H and O–H groups in total. The molecule has 22 heavy (non-hydrogen) atoms. The minimum absolute atomic E-state index is 0.0672. The second-order valence-corrected chi connectivity index (χ2v) is 5.33. The van der Waals surface area contributed by atoms with Crippen LogP contribution in [0.15, 0.2) is 24.5 Å². The van der Waals surface area contributed by atoms with E-state index in [1.807, 2.05) is 0 Å². The van der Waals surface area contributed by atoms with E-state index < -0.39 is 11.9 Å². The van der Waals surface area contributed by atoms with Crippen LogP contribution in [0.4, 0.5) is 10.2 Å². The summed E-state index contributed by atoms with van der Waals surface area (Å²) in [5, 5.41) is 13.3. The molecule has 6 nitrogen and oxygen atoms in total. The van der Waals surface area contributed by atoms with Gasteiger partial charge in [-0.1, -0.05) is 6.07 Å². The van der Waals surface area contributed by atoms with Gasteiger partial charge >= 0.3 is 0 Å². The van der Waals surface area contributed by atoms with E-state index in [1.54, 1.807) is 17.0 Å². The Balaban J connectivity index is 1.67. The number of benzene rings is 1. The number of aromatic nitrogens is 2. The first kappa shape index (κ1) is 14.6. The second kappa shape index (κ2) is 6.23. The summed E-state index contributed by atoms with van der Waals surface area (Å²) in [6.07, 6.45) is 1.99. The van der Waals surface area contributed by atoms with Crippen LogP contribution in [-0.4, -0.2) is 51.6 Å². The van der Waals surface area contributed by atoms with Crippen molar-refractivity contribution in [2.75, 3.05) is 25.0 Å². The Labute approximate surface area is 127 Å². The molecule has 1 fully saturated rings. The maximum absolute atomic E-state index is 13.9. The Kier molecular flexibility index (Phi) is 4.15. The fourth-order valence-corrected chi connectivity index (χ4v) is 2.63. The summed E-state index contributed by atoms with van der Waals surface area (Å²) in [6.45, 7) is 1.14. The summed E-state index contributed by atoms with van der Waals surface area (Å²) in [5.74, 6) is -0.00251. The number of hydrogen-bond donors (Lipinski definition) is 2. The Morgan fingerprint density at radius 3 is 3.05 bits per heavy atom. The third kappa shape index (κ3) is 2.99. The Bertz CT molecular complexity index is 689. The van der Waals surface area contributed by atoms with Crippen LogP contribution in [0.1, 0.15) is 12.8 Å². The van der Waals surface area contributed by atoms with Crippen LogP contribution in [0.3, 0.4) is 0 Å². The molecule has 1 aliphatic rings. The van der Waals surface area contributed by atoms with E-state index in [0.717, 1.165) is 6.42 Å². The molecule has 1 atom stereocenters. The molecule has 2 aromatic rings. The third-order valence-corrected chi connectivity index (χ3v) is 3.72. The first-order valence-corrected chi connectivity index (χ1v) is 7.24. The number of hydrogen-bond acceptors (Lipinski definition) is 5. The van der Waals surface area contributed by atoms with Gasteiger partial charge in [0, 0.05) is 26.1 Å². The number of amides is 1. The molecular weight excluding hydrogens is 287 g/mol. The van der Waals surface area contributed by atoms with E-state index in [1.165, 1.54) is 12.4 Å². The summed E-state index contributed by atoms with van der Waals surface area (Å²) in [5.41, 5.74) is 0.502. The zero-order valence-corrected chi connectivity index (χ0v) is 12.0. The number of carbonyl (C=O) groups excluding carboxylic acids is 1. The van der Waals surface area contributed by atoms with Crippen LogP contribution in [-0.2, 0) is 4.79 Å².